The molecule has 0 unspecified atom stereocenters. The van der Waals surface area contributed by atoms with Crippen molar-refractivity contribution in [2.45, 2.75) is 37.5 Å². The fourth-order valence-corrected chi connectivity index (χ4v) is 2.56. The van der Waals surface area contributed by atoms with Gasteiger partial charge in [-0.25, -0.2) is 0 Å². The third-order valence-corrected chi connectivity index (χ3v) is 4.05. The molecule has 0 spiro atoms. The van der Waals surface area contributed by atoms with E-state index >= 15 is 0 Å². The molecule has 1 fully saturated rings. The number of halogens is 4. The number of benzene rings is 1. The summed E-state index contributed by atoms with van der Waals surface area (Å²) >= 11 is 5.87. The first-order valence-corrected chi connectivity index (χ1v) is 6.46. The van der Waals surface area contributed by atoms with Gasteiger partial charge in [0.2, 0.25) is 0 Å². The maximum atomic E-state index is 12.8. The van der Waals surface area contributed by atoms with Gasteiger partial charge in [0.15, 0.2) is 0 Å². The molecule has 1 N–H and O–H groups in total. The number of rotatable bonds is 4. The maximum Gasteiger partial charge on any atom is 0.416 e. The molecule has 100 valence electrons. The minimum atomic E-state index is -4.30. The highest BCUT2D eigenvalue weighted by atomic mass is 35.5. The highest BCUT2D eigenvalue weighted by Gasteiger charge is 2.37. The van der Waals surface area contributed by atoms with Crippen LogP contribution in [0.5, 0.6) is 0 Å². The Balaban J connectivity index is 2.10. The predicted octanol–water partition coefficient (Wildman–Crippen LogP) is 3.96. The summed E-state index contributed by atoms with van der Waals surface area (Å²) < 4.78 is 38.4. The van der Waals surface area contributed by atoms with E-state index in [1.54, 1.807) is 6.07 Å². The summed E-state index contributed by atoms with van der Waals surface area (Å²) in [5.41, 5.74) is -0.455. The van der Waals surface area contributed by atoms with Crippen LogP contribution in [0, 0.1) is 0 Å². The molecule has 0 heterocycles. The highest BCUT2D eigenvalue weighted by molar-refractivity contribution is 6.18. The van der Waals surface area contributed by atoms with E-state index in [0.717, 1.165) is 25.3 Å². The van der Waals surface area contributed by atoms with Gasteiger partial charge in [-0.2, -0.15) is 13.2 Å². The molecular weight excluding hydrogens is 263 g/mol. The first-order valence-electron chi connectivity index (χ1n) is 5.93. The van der Waals surface area contributed by atoms with Gasteiger partial charge in [0.1, 0.15) is 0 Å². The van der Waals surface area contributed by atoms with Crippen molar-refractivity contribution < 1.29 is 13.2 Å². The Morgan fingerprint density at radius 3 is 2.39 bits per heavy atom. The molecule has 0 atom stereocenters. The van der Waals surface area contributed by atoms with Crippen molar-refractivity contribution in [2.24, 2.45) is 0 Å². The molecule has 18 heavy (non-hydrogen) atoms. The van der Waals surface area contributed by atoms with Crippen LogP contribution in [0.3, 0.4) is 0 Å². The fourth-order valence-electron chi connectivity index (χ4n) is 2.19. The number of hydrogen-bond acceptors (Lipinski definition) is 1. The number of hydrogen-bond donors (Lipinski definition) is 1. The lowest BCUT2D eigenvalue weighted by Gasteiger charge is -2.41. The van der Waals surface area contributed by atoms with Crippen LogP contribution in [0.1, 0.15) is 30.4 Å². The van der Waals surface area contributed by atoms with E-state index in [2.05, 4.69) is 5.32 Å². The lowest BCUT2D eigenvalue weighted by atomic mass is 9.78. The normalized spacial score (nSPS) is 18.4. The molecule has 0 amide bonds. The molecule has 1 nitrogen and oxygen atoms in total. The van der Waals surface area contributed by atoms with Gasteiger partial charge in [-0.3, -0.25) is 0 Å². The topological polar surface area (TPSA) is 12.0 Å². The van der Waals surface area contributed by atoms with E-state index in [1.165, 1.54) is 12.1 Å². The standard InChI is InChI=1S/C13H15ClF3N/c14-9-12(6-3-7-12)18-8-10-4-1-2-5-11(10)13(15,16)17/h1-2,4-5,18H,3,6-9H2. The summed E-state index contributed by atoms with van der Waals surface area (Å²) in [5, 5.41) is 3.18. The zero-order chi connectivity index (χ0) is 13.2. The van der Waals surface area contributed by atoms with Gasteiger partial charge in [0.05, 0.1) is 5.56 Å². The Morgan fingerprint density at radius 1 is 1.22 bits per heavy atom. The van der Waals surface area contributed by atoms with Crippen LogP contribution in [0.4, 0.5) is 13.2 Å². The van der Waals surface area contributed by atoms with E-state index in [-0.39, 0.29) is 17.6 Å². The van der Waals surface area contributed by atoms with E-state index in [1.807, 2.05) is 0 Å². The van der Waals surface area contributed by atoms with Gasteiger partial charge in [-0.1, -0.05) is 18.2 Å². The van der Waals surface area contributed by atoms with Gasteiger partial charge in [-0.05, 0) is 30.9 Å². The molecule has 0 radical (unpaired) electrons. The minimum Gasteiger partial charge on any atom is -0.306 e. The molecule has 5 heteroatoms. The fraction of sp³-hybridized carbons (Fsp3) is 0.538. The zero-order valence-corrected chi connectivity index (χ0v) is 10.6. The smallest absolute Gasteiger partial charge is 0.306 e. The van der Waals surface area contributed by atoms with Crippen LogP contribution in [0.15, 0.2) is 24.3 Å². The lowest BCUT2D eigenvalue weighted by Crippen LogP contribution is -2.52. The van der Waals surface area contributed by atoms with Crippen molar-refractivity contribution in [3.63, 3.8) is 0 Å². The Morgan fingerprint density at radius 2 is 1.89 bits per heavy atom. The first kappa shape index (κ1) is 13.7. The second kappa shape index (κ2) is 5.10. The molecule has 0 aliphatic heterocycles. The summed E-state index contributed by atoms with van der Waals surface area (Å²) in [4.78, 5) is 0. The summed E-state index contributed by atoms with van der Waals surface area (Å²) in [7, 11) is 0. The molecule has 0 bridgehead atoms. The lowest BCUT2D eigenvalue weighted by molar-refractivity contribution is -0.138. The van der Waals surface area contributed by atoms with E-state index in [9.17, 15) is 13.2 Å². The third-order valence-electron chi connectivity index (χ3n) is 3.54. The van der Waals surface area contributed by atoms with Crippen LogP contribution in [-0.2, 0) is 12.7 Å². The summed E-state index contributed by atoms with van der Waals surface area (Å²) in [6.07, 6.45) is -1.35. The van der Waals surface area contributed by atoms with Crippen LogP contribution in [-0.4, -0.2) is 11.4 Å². The largest absolute Gasteiger partial charge is 0.416 e. The molecule has 1 aromatic rings. The number of alkyl halides is 4. The van der Waals surface area contributed by atoms with Gasteiger partial charge >= 0.3 is 6.18 Å². The molecule has 0 aromatic heterocycles. The third kappa shape index (κ3) is 2.81. The number of nitrogens with one attached hydrogen (secondary N) is 1. The average molecular weight is 278 g/mol. The van der Waals surface area contributed by atoms with Gasteiger partial charge in [0, 0.05) is 18.0 Å². The van der Waals surface area contributed by atoms with E-state index in [4.69, 9.17) is 11.6 Å². The van der Waals surface area contributed by atoms with Crippen molar-refractivity contribution >= 4 is 11.6 Å². The van der Waals surface area contributed by atoms with Crippen LogP contribution in [0.25, 0.3) is 0 Å². The summed E-state index contributed by atoms with van der Waals surface area (Å²) in [6.45, 7) is 0.211. The summed E-state index contributed by atoms with van der Waals surface area (Å²) in [6, 6.07) is 5.66. The Kier molecular flexibility index (Phi) is 3.87. The predicted molar refractivity (Wildman–Crippen MR) is 65.6 cm³/mol. The maximum absolute atomic E-state index is 12.8. The Bertz CT molecular complexity index is 407. The highest BCUT2D eigenvalue weighted by Crippen LogP contribution is 2.35. The molecule has 1 saturated carbocycles. The van der Waals surface area contributed by atoms with Crippen molar-refractivity contribution in [3.05, 3.63) is 35.4 Å². The van der Waals surface area contributed by atoms with Crippen LogP contribution < -0.4 is 5.32 Å². The van der Waals surface area contributed by atoms with E-state index in [0.29, 0.717) is 5.88 Å². The van der Waals surface area contributed by atoms with Crippen molar-refractivity contribution in [1.29, 1.82) is 0 Å². The van der Waals surface area contributed by atoms with Gasteiger partial charge in [-0.15, -0.1) is 11.6 Å². The Hall–Kier alpha value is -0.740. The minimum absolute atomic E-state index is 0.166. The van der Waals surface area contributed by atoms with Gasteiger partial charge in [0.25, 0.3) is 0 Å². The Labute approximate surface area is 109 Å². The second-order valence-electron chi connectivity index (χ2n) is 4.78. The van der Waals surface area contributed by atoms with Gasteiger partial charge < -0.3 is 5.32 Å². The molecular formula is C13H15ClF3N. The monoisotopic (exact) mass is 277 g/mol. The molecule has 1 aromatic carbocycles. The average Bonchev–Trinajstić information content (AvgIpc) is 2.27. The second-order valence-corrected chi connectivity index (χ2v) is 5.04. The molecule has 2 rings (SSSR count). The first-order chi connectivity index (χ1) is 8.47. The molecule has 1 aliphatic carbocycles. The van der Waals surface area contributed by atoms with Crippen LogP contribution in [0.2, 0.25) is 0 Å². The van der Waals surface area contributed by atoms with Crippen molar-refractivity contribution in [3.8, 4) is 0 Å². The quantitative estimate of drug-likeness (QED) is 0.822. The molecule has 0 saturated heterocycles. The molecule has 1 aliphatic rings. The van der Waals surface area contributed by atoms with Crippen molar-refractivity contribution in [1.82, 2.24) is 5.32 Å². The van der Waals surface area contributed by atoms with Crippen LogP contribution >= 0.6 is 11.6 Å². The van der Waals surface area contributed by atoms with Crippen molar-refractivity contribution in [2.75, 3.05) is 5.88 Å². The summed E-state index contributed by atoms with van der Waals surface area (Å²) in [5.74, 6) is 0.446. The zero-order valence-electron chi connectivity index (χ0n) is 9.86. The SMILES string of the molecule is FC(F)(F)c1ccccc1CNC1(CCl)CCC1. The van der Waals surface area contributed by atoms with E-state index < -0.39 is 11.7 Å².